The van der Waals surface area contributed by atoms with Crippen molar-refractivity contribution in [3.63, 3.8) is 0 Å². The molecule has 0 saturated heterocycles. The van der Waals surface area contributed by atoms with E-state index in [0.29, 0.717) is 0 Å². The van der Waals surface area contributed by atoms with Gasteiger partial charge in [0.05, 0.1) is 11.3 Å². The SMILES string of the molecule is N#C/C(S)=C\CC(=O)O. The standard InChI is InChI=1S/C5H5NO2S/c6-3-4(9)1-2-5(7)8/h1,9H,2H2,(H,7,8)/b4-1+. The zero-order valence-corrected chi connectivity index (χ0v) is 5.43. The second kappa shape index (κ2) is 3.98. The van der Waals surface area contributed by atoms with Crippen LogP contribution < -0.4 is 0 Å². The summed E-state index contributed by atoms with van der Waals surface area (Å²) in [4.78, 5) is 9.97. The fourth-order valence-corrected chi connectivity index (χ4v) is 0.321. The molecule has 0 radical (unpaired) electrons. The summed E-state index contributed by atoms with van der Waals surface area (Å²) in [5.41, 5.74) is 0. The van der Waals surface area contributed by atoms with Crippen molar-refractivity contribution >= 4 is 18.6 Å². The van der Waals surface area contributed by atoms with Gasteiger partial charge in [-0.25, -0.2) is 0 Å². The van der Waals surface area contributed by atoms with Gasteiger partial charge in [0, 0.05) is 0 Å². The van der Waals surface area contributed by atoms with Gasteiger partial charge >= 0.3 is 5.97 Å². The van der Waals surface area contributed by atoms with Gasteiger partial charge < -0.3 is 5.11 Å². The van der Waals surface area contributed by atoms with Crippen LogP contribution in [0.4, 0.5) is 0 Å². The van der Waals surface area contributed by atoms with Crippen LogP contribution in [0, 0.1) is 11.3 Å². The lowest BCUT2D eigenvalue weighted by Crippen LogP contribution is -1.90. The van der Waals surface area contributed by atoms with Gasteiger partial charge in [-0.05, 0) is 6.08 Å². The molecule has 0 aromatic rings. The molecule has 0 atom stereocenters. The molecule has 0 spiro atoms. The largest absolute Gasteiger partial charge is 0.481 e. The van der Waals surface area contributed by atoms with Crippen LogP contribution in [0.1, 0.15) is 6.42 Å². The number of hydrogen-bond donors (Lipinski definition) is 2. The highest BCUT2D eigenvalue weighted by Crippen LogP contribution is 1.98. The first-order valence-corrected chi connectivity index (χ1v) is 2.62. The minimum absolute atomic E-state index is 0.136. The molecule has 0 aliphatic carbocycles. The van der Waals surface area contributed by atoms with Gasteiger partial charge in [0.1, 0.15) is 6.07 Å². The van der Waals surface area contributed by atoms with Crippen molar-refractivity contribution in [2.45, 2.75) is 6.42 Å². The Hall–Kier alpha value is -0.950. The van der Waals surface area contributed by atoms with Crippen LogP contribution >= 0.6 is 12.6 Å². The molecule has 3 nitrogen and oxygen atoms in total. The summed E-state index contributed by atoms with van der Waals surface area (Å²) >= 11 is 3.64. The first-order chi connectivity index (χ1) is 4.16. The Morgan fingerprint density at radius 3 is 2.78 bits per heavy atom. The number of carbonyl (C=O) groups is 1. The Labute approximate surface area is 58.0 Å². The number of carboxylic acid groups (broad SMARTS) is 1. The molecule has 0 amide bonds. The fourth-order valence-electron chi connectivity index (χ4n) is 0.230. The van der Waals surface area contributed by atoms with E-state index in [1.54, 1.807) is 6.07 Å². The van der Waals surface area contributed by atoms with Crippen LogP contribution in [-0.4, -0.2) is 11.1 Å². The topological polar surface area (TPSA) is 61.1 Å². The van der Waals surface area contributed by atoms with E-state index >= 15 is 0 Å². The highest BCUT2D eigenvalue weighted by atomic mass is 32.1. The van der Waals surface area contributed by atoms with E-state index in [0.717, 1.165) is 0 Å². The van der Waals surface area contributed by atoms with Crippen molar-refractivity contribution in [1.82, 2.24) is 0 Å². The zero-order chi connectivity index (χ0) is 7.28. The molecule has 4 heteroatoms. The average Bonchev–Trinajstić information content (AvgIpc) is 1.83. The number of carboxylic acids is 1. The van der Waals surface area contributed by atoms with Gasteiger partial charge in [-0.3, -0.25) is 4.79 Å². The monoisotopic (exact) mass is 143 g/mol. The van der Waals surface area contributed by atoms with Gasteiger partial charge in [0.25, 0.3) is 0 Å². The molecule has 0 rings (SSSR count). The third-order valence-electron chi connectivity index (χ3n) is 0.585. The highest BCUT2D eigenvalue weighted by molar-refractivity contribution is 7.84. The van der Waals surface area contributed by atoms with Crippen LogP contribution in [-0.2, 0) is 4.79 Å². The Morgan fingerprint density at radius 1 is 1.89 bits per heavy atom. The summed E-state index contributed by atoms with van der Waals surface area (Å²) in [6.07, 6.45) is 1.10. The summed E-state index contributed by atoms with van der Waals surface area (Å²) < 4.78 is 0. The summed E-state index contributed by atoms with van der Waals surface area (Å²) in [7, 11) is 0. The van der Waals surface area contributed by atoms with Gasteiger partial charge in [-0.2, -0.15) is 5.26 Å². The third kappa shape index (κ3) is 4.91. The maximum absolute atomic E-state index is 9.83. The van der Waals surface area contributed by atoms with Crippen molar-refractivity contribution in [2.24, 2.45) is 0 Å². The van der Waals surface area contributed by atoms with E-state index in [4.69, 9.17) is 10.4 Å². The number of allylic oxidation sites excluding steroid dienone is 1. The Kier molecular flexibility index (Phi) is 3.56. The summed E-state index contributed by atoms with van der Waals surface area (Å²) in [6, 6.07) is 1.68. The number of hydrogen-bond acceptors (Lipinski definition) is 3. The Balaban J connectivity index is 3.74. The van der Waals surface area contributed by atoms with E-state index in [1.807, 2.05) is 0 Å². The maximum Gasteiger partial charge on any atom is 0.307 e. The van der Waals surface area contributed by atoms with Crippen LogP contribution in [0.15, 0.2) is 11.0 Å². The molecule has 0 aromatic heterocycles. The molecule has 0 fully saturated rings. The first kappa shape index (κ1) is 8.05. The zero-order valence-electron chi connectivity index (χ0n) is 4.53. The minimum atomic E-state index is -0.961. The molecule has 9 heavy (non-hydrogen) atoms. The molecular formula is C5H5NO2S. The summed E-state index contributed by atoms with van der Waals surface area (Å²) in [5, 5.41) is 16.1. The fraction of sp³-hybridized carbons (Fsp3) is 0.200. The predicted molar refractivity (Wildman–Crippen MR) is 34.9 cm³/mol. The molecule has 48 valence electrons. The second-order valence-corrected chi connectivity index (χ2v) is 1.78. The lowest BCUT2D eigenvalue weighted by molar-refractivity contribution is -0.136. The van der Waals surface area contributed by atoms with Crippen molar-refractivity contribution in [1.29, 1.82) is 5.26 Å². The van der Waals surface area contributed by atoms with Crippen molar-refractivity contribution in [3.8, 4) is 6.07 Å². The molecule has 0 aromatic carbocycles. The minimum Gasteiger partial charge on any atom is -0.481 e. The van der Waals surface area contributed by atoms with Crippen molar-refractivity contribution < 1.29 is 9.90 Å². The van der Waals surface area contributed by atoms with Gasteiger partial charge in [0.2, 0.25) is 0 Å². The highest BCUT2D eigenvalue weighted by Gasteiger charge is 1.91. The van der Waals surface area contributed by atoms with Crippen molar-refractivity contribution in [2.75, 3.05) is 0 Å². The van der Waals surface area contributed by atoms with Gasteiger partial charge in [-0.15, -0.1) is 12.6 Å². The van der Waals surface area contributed by atoms with E-state index in [2.05, 4.69) is 12.6 Å². The molecule has 0 saturated carbocycles. The smallest absolute Gasteiger partial charge is 0.307 e. The van der Waals surface area contributed by atoms with E-state index in [9.17, 15) is 4.79 Å². The maximum atomic E-state index is 9.83. The molecule has 1 N–H and O–H groups in total. The summed E-state index contributed by atoms with van der Waals surface area (Å²) in [5.74, 6) is -0.961. The number of nitrogens with zero attached hydrogens (tertiary/aromatic N) is 1. The van der Waals surface area contributed by atoms with Crippen LogP contribution in [0.25, 0.3) is 0 Å². The van der Waals surface area contributed by atoms with E-state index < -0.39 is 5.97 Å². The molecular weight excluding hydrogens is 138 g/mol. The molecule has 0 bridgehead atoms. The van der Waals surface area contributed by atoms with E-state index in [-0.39, 0.29) is 11.3 Å². The molecule has 0 aliphatic heterocycles. The van der Waals surface area contributed by atoms with Gasteiger partial charge in [-0.1, -0.05) is 0 Å². The lowest BCUT2D eigenvalue weighted by Gasteiger charge is -1.82. The van der Waals surface area contributed by atoms with Crippen LogP contribution in [0.2, 0.25) is 0 Å². The average molecular weight is 143 g/mol. The second-order valence-electron chi connectivity index (χ2n) is 1.30. The molecule has 0 heterocycles. The Bertz CT molecular complexity index is 180. The lowest BCUT2D eigenvalue weighted by atomic mass is 10.4. The summed E-state index contributed by atoms with van der Waals surface area (Å²) in [6.45, 7) is 0. The normalized spacial score (nSPS) is 10.4. The third-order valence-corrected chi connectivity index (χ3v) is 0.867. The molecule has 0 unspecified atom stereocenters. The molecule has 0 aliphatic rings. The number of thiol groups is 1. The van der Waals surface area contributed by atoms with Gasteiger partial charge in [0.15, 0.2) is 0 Å². The van der Waals surface area contributed by atoms with E-state index in [1.165, 1.54) is 6.08 Å². The number of rotatable bonds is 2. The Morgan fingerprint density at radius 2 is 2.44 bits per heavy atom. The van der Waals surface area contributed by atoms with Crippen LogP contribution in [0.3, 0.4) is 0 Å². The predicted octanol–water partition coefficient (Wildman–Crippen LogP) is 0.798. The number of nitriles is 1. The first-order valence-electron chi connectivity index (χ1n) is 2.18. The quantitative estimate of drug-likeness (QED) is 0.444. The van der Waals surface area contributed by atoms with Crippen molar-refractivity contribution in [3.05, 3.63) is 11.0 Å². The van der Waals surface area contributed by atoms with Crippen LogP contribution in [0.5, 0.6) is 0 Å². The number of aliphatic carboxylic acids is 1.